The minimum atomic E-state index is -0.396. The van der Waals surface area contributed by atoms with Gasteiger partial charge in [0.1, 0.15) is 23.7 Å². The van der Waals surface area contributed by atoms with Gasteiger partial charge in [-0.25, -0.2) is 19.3 Å². The molecule has 7 heteroatoms. The molecular weight excluding hydrogens is 355 g/mol. The molecule has 128 valence electrons. The van der Waals surface area contributed by atoms with Crippen LogP contribution in [-0.2, 0) is 0 Å². The topological polar surface area (TPSA) is 59.9 Å². The number of halogens is 2. The number of hydrogen-bond donors (Lipinski definition) is 1. The van der Waals surface area contributed by atoms with Crippen LogP contribution in [0.2, 0.25) is 5.02 Å². The van der Waals surface area contributed by atoms with Crippen molar-refractivity contribution in [3.05, 3.63) is 78.0 Å². The van der Waals surface area contributed by atoms with Crippen molar-refractivity contribution in [2.75, 3.05) is 5.32 Å². The Morgan fingerprint density at radius 3 is 2.69 bits per heavy atom. The van der Waals surface area contributed by atoms with Crippen molar-refractivity contribution < 1.29 is 9.13 Å². The predicted octanol–water partition coefficient (Wildman–Crippen LogP) is 5.35. The number of nitrogens with zero attached hydrogens (tertiary/aromatic N) is 3. The summed E-state index contributed by atoms with van der Waals surface area (Å²) < 4.78 is 19.8. The van der Waals surface area contributed by atoms with Crippen LogP contribution in [-0.4, -0.2) is 15.0 Å². The average Bonchev–Trinajstić information content (AvgIpc) is 2.65. The molecule has 4 rings (SSSR count). The number of nitrogens with one attached hydrogen (secondary N) is 1. The van der Waals surface area contributed by atoms with Gasteiger partial charge in [0, 0.05) is 18.0 Å². The van der Waals surface area contributed by atoms with E-state index in [2.05, 4.69) is 20.3 Å². The molecule has 0 saturated heterocycles. The van der Waals surface area contributed by atoms with Crippen LogP contribution >= 0.6 is 11.6 Å². The minimum Gasteiger partial charge on any atom is -0.437 e. The van der Waals surface area contributed by atoms with E-state index in [1.165, 1.54) is 12.4 Å². The van der Waals surface area contributed by atoms with Crippen LogP contribution in [0.4, 0.5) is 15.9 Å². The number of hydrogen-bond acceptors (Lipinski definition) is 5. The number of benzene rings is 2. The fraction of sp³-hybridized carbons (Fsp3) is 0. The van der Waals surface area contributed by atoms with E-state index in [1.54, 1.807) is 48.7 Å². The van der Waals surface area contributed by atoms with Crippen molar-refractivity contribution in [3.63, 3.8) is 0 Å². The van der Waals surface area contributed by atoms with Gasteiger partial charge < -0.3 is 10.1 Å². The summed E-state index contributed by atoms with van der Waals surface area (Å²) >= 11 is 6.30. The van der Waals surface area contributed by atoms with E-state index in [1.807, 2.05) is 6.07 Å². The zero-order valence-electron chi connectivity index (χ0n) is 13.4. The van der Waals surface area contributed by atoms with Crippen molar-refractivity contribution in [1.29, 1.82) is 0 Å². The molecule has 0 radical (unpaired) electrons. The molecule has 0 unspecified atom stereocenters. The lowest BCUT2D eigenvalue weighted by atomic mass is 10.2. The third-order valence-electron chi connectivity index (χ3n) is 3.66. The van der Waals surface area contributed by atoms with Crippen molar-refractivity contribution in [1.82, 2.24) is 15.0 Å². The molecule has 2 aromatic carbocycles. The third kappa shape index (κ3) is 3.27. The molecule has 1 N–H and O–H groups in total. The van der Waals surface area contributed by atoms with E-state index in [0.29, 0.717) is 39.1 Å². The van der Waals surface area contributed by atoms with E-state index in [-0.39, 0.29) is 0 Å². The maximum atomic E-state index is 14.2. The Bertz CT molecular complexity index is 1070. The molecule has 2 aromatic heterocycles. The van der Waals surface area contributed by atoms with Crippen LogP contribution in [0.15, 0.2) is 67.1 Å². The van der Waals surface area contributed by atoms with Gasteiger partial charge in [0.25, 0.3) is 0 Å². The Kier molecular flexibility index (Phi) is 4.33. The Hall–Kier alpha value is -3.25. The molecule has 0 aliphatic heterocycles. The first-order valence-corrected chi connectivity index (χ1v) is 8.13. The molecule has 0 atom stereocenters. The van der Waals surface area contributed by atoms with Crippen LogP contribution in [0.5, 0.6) is 11.6 Å². The normalized spacial score (nSPS) is 10.7. The van der Waals surface area contributed by atoms with Gasteiger partial charge in [0.2, 0.25) is 5.88 Å². The highest BCUT2D eigenvalue weighted by Crippen LogP contribution is 2.33. The molecule has 0 spiro atoms. The van der Waals surface area contributed by atoms with Crippen molar-refractivity contribution >= 4 is 34.0 Å². The summed E-state index contributed by atoms with van der Waals surface area (Å²) in [6.45, 7) is 0. The fourth-order valence-corrected chi connectivity index (χ4v) is 2.70. The minimum absolute atomic E-state index is 0.319. The van der Waals surface area contributed by atoms with E-state index in [0.717, 1.165) is 0 Å². The largest absolute Gasteiger partial charge is 0.437 e. The molecule has 26 heavy (non-hydrogen) atoms. The van der Waals surface area contributed by atoms with Crippen LogP contribution in [0.1, 0.15) is 0 Å². The van der Waals surface area contributed by atoms with E-state index in [9.17, 15) is 4.39 Å². The molecular formula is C19H12ClFN4O. The molecule has 4 aromatic rings. The number of ether oxygens (including phenoxy) is 1. The van der Waals surface area contributed by atoms with Crippen molar-refractivity contribution in [2.24, 2.45) is 0 Å². The Morgan fingerprint density at radius 1 is 0.962 bits per heavy atom. The lowest BCUT2D eigenvalue weighted by molar-refractivity contribution is 0.463. The quantitative estimate of drug-likeness (QED) is 0.527. The zero-order chi connectivity index (χ0) is 17.9. The first-order valence-electron chi connectivity index (χ1n) is 7.75. The summed E-state index contributed by atoms with van der Waals surface area (Å²) in [6, 6.07) is 15.2. The third-order valence-corrected chi connectivity index (χ3v) is 3.95. The van der Waals surface area contributed by atoms with Gasteiger partial charge >= 0.3 is 0 Å². The number of rotatable bonds is 4. The molecule has 5 nitrogen and oxygen atoms in total. The summed E-state index contributed by atoms with van der Waals surface area (Å²) in [7, 11) is 0. The van der Waals surface area contributed by atoms with E-state index in [4.69, 9.17) is 16.3 Å². The first-order chi connectivity index (χ1) is 12.7. The van der Waals surface area contributed by atoms with Gasteiger partial charge in [-0.05, 0) is 36.4 Å². The van der Waals surface area contributed by atoms with Gasteiger partial charge in [-0.3, -0.25) is 0 Å². The summed E-state index contributed by atoms with van der Waals surface area (Å²) in [5, 5.41) is 3.78. The number of anilines is 2. The smallest absolute Gasteiger partial charge is 0.219 e. The van der Waals surface area contributed by atoms with Crippen molar-refractivity contribution in [2.45, 2.75) is 0 Å². The molecule has 0 saturated carbocycles. The van der Waals surface area contributed by atoms with Gasteiger partial charge in [-0.2, -0.15) is 0 Å². The van der Waals surface area contributed by atoms with Crippen LogP contribution in [0.25, 0.3) is 10.9 Å². The molecule has 0 amide bonds. The average molecular weight is 367 g/mol. The predicted molar refractivity (Wildman–Crippen MR) is 98.5 cm³/mol. The second-order valence-corrected chi connectivity index (χ2v) is 5.80. The van der Waals surface area contributed by atoms with Crippen LogP contribution in [0, 0.1) is 5.82 Å². The zero-order valence-corrected chi connectivity index (χ0v) is 14.1. The molecule has 2 heterocycles. The monoisotopic (exact) mass is 366 g/mol. The molecule has 0 aliphatic carbocycles. The van der Waals surface area contributed by atoms with Crippen molar-refractivity contribution in [3.8, 4) is 11.6 Å². The van der Waals surface area contributed by atoms with E-state index >= 15 is 0 Å². The number of pyridine rings is 1. The second-order valence-electron chi connectivity index (χ2n) is 5.40. The Morgan fingerprint density at radius 2 is 1.88 bits per heavy atom. The summed E-state index contributed by atoms with van der Waals surface area (Å²) in [6.07, 6.45) is 3.01. The highest BCUT2D eigenvalue weighted by Gasteiger charge is 2.10. The summed E-state index contributed by atoms with van der Waals surface area (Å²) in [5.74, 6) is 0.878. The highest BCUT2D eigenvalue weighted by atomic mass is 35.5. The SMILES string of the molecule is Fc1cccc2ncnc(Nc3ccc(Oc4ccccn4)c(Cl)c3)c12. The van der Waals surface area contributed by atoms with Gasteiger partial charge in [-0.15, -0.1) is 0 Å². The van der Waals surface area contributed by atoms with Crippen LogP contribution in [0.3, 0.4) is 0 Å². The number of fused-ring (bicyclic) bond motifs is 1. The second kappa shape index (κ2) is 6.93. The maximum Gasteiger partial charge on any atom is 0.219 e. The number of aromatic nitrogens is 3. The molecule has 0 aliphatic rings. The van der Waals surface area contributed by atoms with Gasteiger partial charge in [0.05, 0.1) is 15.9 Å². The highest BCUT2D eigenvalue weighted by molar-refractivity contribution is 6.32. The lowest BCUT2D eigenvalue weighted by Crippen LogP contribution is -1.98. The fourth-order valence-electron chi connectivity index (χ4n) is 2.48. The Labute approximate surface area is 153 Å². The van der Waals surface area contributed by atoms with Gasteiger partial charge in [-0.1, -0.05) is 23.7 Å². The van der Waals surface area contributed by atoms with Crippen LogP contribution < -0.4 is 10.1 Å². The van der Waals surface area contributed by atoms with Gasteiger partial charge in [0.15, 0.2) is 0 Å². The summed E-state index contributed by atoms with van der Waals surface area (Å²) in [5.41, 5.74) is 1.16. The first kappa shape index (κ1) is 16.2. The molecule has 0 bridgehead atoms. The summed E-state index contributed by atoms with van der Waals surface area (Å²) in [4.78, 5) is 12.3. The Balaban J connectivity index is 1.63. The molecule has 0 fully saturated rings. The maximum absolute atomic E-state index is 14.2. The lowest BCUT2D eigenvalue weighted by Gasteiger charge is -2.11. The standard InChI is InChI=1S/C19H12ClFN4O/c20-13-10-12(7-8-16(13)26-17-6-1-2-9-22-17)25-19-18-14(21)4-3-5-15(18)23-11-24-19/h1-11H,(H,23,24,25). The van der Waals surface area contributed by atoms with E-state index < -0.39 is 5.82 Å².